The maximum absolute atomic E-state index is 8.91. The number of nitrogens with zero attached hydrogens (tertiary/aromatic N) is 1. The molecule has 1 N–H and O–H groups in total. The van der Waals surface area contributed by atoms with Crippen molar-refractivity contribution in [2.45, 2.75) is 26.3 Å². The van der Waals surface area contributed by atoms with Crippen molar-refractivity contribution in [3.05, 3.63) is 35.4 Å². The number of benzene rings is 1. The number of likely N-dealkylation sites (tertiary alicyclic amines) is 1. The Bertz CT molecular complexity index is 320. The summed E-state index contributed by atoms with van der Waals surface area (Å²) in [5, 5.41) is 8.91. The van der Waals surface area contributed by atoms with Crippen molar-refractivity contribution in [1.82, 2.24) is 4.90 Å². The van der Waals surface area contributed by atoms with Crippen LogP contribution in [0.2, 0.25) is 0 Å². The van der Waals surface area contributed by atoms with E-state index in [1.54, 1.807) is 0 Å². The van der Waals surface area contributed by atoms with Gasteiger partial charge in [-0.25, -0.2) is 0 Å². The number of aryl methyl sites for hydroxylation is 1. The second-order valence-corrected chi connectivity index (χ2v) is 4.89. The van der Waals surface area contributed by atoms with E-state index in [4.69, 9.17) is 5.11 Å². The molecule has 1 saturated heterocycles. The monoisotopic (exact) mass is 219 g/mol. The van der Waals surface area contributed by atoms with Gasteiger partial charge in [0.25, 0.3) is 0 Å². The molecule has 1 aromatic rings. The van der Waals surface area contributed by atoms with Crippen LogP contribution < -0.4 is 0 Å². The smallest absolute Gasteiger partial charge is 0.0434 e. The number of rotatable bonds is 4. The molecule has 1 unspecified atom stereocenters. The molecule has 1 fully saturated rings. The first-order valence-electron chi connectivity index (χ1n) is 6.16. The minimum absolute atomic E-state index is 0.336. The van der Waals surface area contributed by atoms with Crippen LogP contribution in [-0.4, -0.2) is 29.7 Å². The Kier molecular flexibility index (Phi) is 3.97. The van der Waals surface area contributed by atoms with Crippen molar-refractivity contribution < 1.29 is 5.11 Å². The molecule has 1 heterocycles. The summed E-state index contributed by atoms with van der Waals surface area (Å²) in [6.07, 6.45) is 2.21. The lowest BCUT2D eigenvalue weighted by molar-refractivity contribution is 0.249. The molecule has 16 heavy (non-hydrogen) atoms. The maximum atomic E-state index is 8.91. The highest BCUT2D eigenvalue weighted by Crippen LogP contribution is 2.21. The zero-order valence-corrected chi connectivity index (χ0v) is 10.0. The van der Waals surface area contributed by atoms with Gasteiger partial charge < -0.3 is 5.11 Å². The van der Waals surface area contributed by atoms with E-state index in [2.05, 4.69) is 36.1 Å². The normalized spacial score (nSPS) is 21.5. The molecule has 0 amide bonds. The maximum Gasteiger partial charge on any atom is 0.0434 e. The van der Waals surface area contributed by atoms with Crippen LogP contribution in [0.1, 0.15) is 24.0 Å². The van der Waals surface area contributed by atoms with Crippen LogP contribution >= 0.6 is 0 Å². The number of aliphatic hydroxyl groups excluding tert-OH is 1. The number of aliphatic hydroxyl groups is 1. The quantitative estimate of drug-likeness (QED) is 0.839. The second-order valence-electron chi connectivity index (χ2n) is 4.89. The van der Waals surface area contributed by atoms with Gasteiger partial charge in [-0.1, -0.05) is 29.8 Å². The highest BCUT2D eigenvalue weighted by Gasteiger charge is 2.21. The summed E-state index contributed by atoms with van der Waals surface area (Å²) in [4.78, 5) is 2.49. The van der Waals surface area contributed by atoms with E-state index in [0.29, 0.717) is 12.5 Å². The van der Waals surface area contributed by atoms with Gasteiger partial charge in [-0.3, -0.25) is 4.90 Å². The summed E-state index contributed by atoms with van der Waals surface area (Å²) in [7, 11) is 0. The zero-order chi connectivity index (χ0) is 11.4. The minimum Gasteiger partial charge on any atom is -0.396 e. The number of hydrogen-bond acceptors (Lipinski definition) is 2. The van der Waals surface area contributed by atoms with Gasteiger partial charge in [-0.2, -0.15) is 0 Å². The van der Waals surface area contributed by atoms with Gasteiger partial charge in [0.05, 0.1) is 0 Å². The van der Waals surface area contributed by atoms with Crippen molar-refractivity contribution in [3.8, 4) is 0 Å². The SMILES string of the molecule is Cc1ccc(CN2CCC(CCO)C2)cc1. The Morgan fingerprint density at radius 1 is 1.31 bits per heavy atom. The lowest BCUT2D eigenvalue weighted by Crippen LogP contribution is -2.20. The summed E-state index contributed by atoms with van der Waals surface area (Å²) < 4.78 is 0. The van der Waals surface area contributed by atoms with Gasteiger partial charge in [0, 0.05) is 19.7 Å². The largest absolute Gasteiger partial charge is 0.396 e. The molecule has 0 aromatic heterocycles. The van der Waals surface area contributed by atoms with Gasteiger partial charge in [0.2, 0.25) is 0 Å². The molecule has 2 nitrogen and oxygen atoms in total. The predicted molar refractivity (Wildman–Crippen MR) is 66.3 cm³/mol. The van der Waals surface area contributed by atoms with Crippen molar-refractivity contribution >= 4 is 0 Å². The van der Waals surface area contributed by atoms with E-state index in [1.165, 1.54) is 24.1 Å². The zero-order valence-electron chi connectivity index (χ0n) is 10.0. The van der Waals surface area contributed by atoms with E-state index in [-0.39, 0.29) is 0 Å². The average Bonchev–Trinajstić information content (AvgIpc) is 2.70. The molecule has 0 saturated carbocycles. The van der Waals surface area contributed by atoms with Crippen LogP contribution in [0.25, 0.3) is 0 Å². The predicted octanol–water partition coefficient (Wildman–Crippen LogP) is 2.20. The third kappa shape index (κ3) is 3.06. The van der Waals surface area contributed by atoms with Crippen LogP contribution in [0.15, 0.2) is 24.3 Å². The average molecular weight is 219 g/mol. The first kappa shape index (κ1) is 11.6. The van der Waals surface area contributed by atoms with Crippen LogP contribution in [0.3, 0.4) is 0 Å². The molecule has 88 valence electrons. The molecule has 1 aromatic carbocycles. The van der Waals surface area contributed by atoms with E-state index in [0.717, 1.165) is 19.5 Å². The van der Waals surface area contributed by atoms with Gasteiger partial charge >= 0.3 is 0 Å². The molecular weight excluding hydrogens is 198 g/mol. The van der Waals surface area contributed by atoms with Gasteiger partial charge in [-0.15, -0.1) is 0 Å². The fraction of sp³-hybridized carbons (Fsp3) is 0.571. The third-order valence-corrected chi connectivity index (χ3v) is 3.43. The van der Waals surface area contributed by atoms with E-state index in [1.807, 2.05) is 0 Å². The van der Waals surface area contributed by atoms with Gasteiger partial charge in [-0.05, 0) is 37.8 Å². The van der Waals surface area contributed by atoms with Crippen molar-refractivity contribution in [2.75, 3.05) is 19.7 Å². The summed E-state index contributed by atoms with van der Waals surface area (Å²) in [5.74, 6) is 0.704. The number of hydrogen-bond donors (Lipinski definition) is 1. The second kappa shape index (κ2) is 5.46. The molecule has 0 aliphatic carbocycles. The Morgan fingerprint density at radius 3 is 2.75 bits per heavy atom. The molecule has 0 radical (unpaired) electrons. The fourth-order valence-electron chi connectivity index (χ4n) is 2.43. The standard InChI is InChI=1S/C14H21NO/c1-12-2-4-13(5-3-12)10-15-8-6-14(11-15)7-9-16/h2-5,14,16H,6-11H2,1H3. The topological polar surface area (TPSA) is 23.5 Å². The molecule has 2 rings (SSSR count). The van der Waals surface area contributed by atoms with Crippen molar-refractivity contribution in [2.24, 2.45) is 5.92 Å². The molecular formula is C14H21NO. The van der Waals surface area contributed by atoms with Crippen molar-refractivity contribution in [3.63, 3.8) is 0 Å². The van der Waals surface area contributed by atoms with Crippen LogP contribution in [0.4, 0.5) is 0 Å². The Labute approximate surface area is 97.9 Å². The molecule has 0 bridgehead atoms. The summed E-state index contributed by atoms with van der Waals surface area (Å²) in [5.41, 5.74) is 2.72. The van der Waals surface area contributed by atoms with Crippen LogP contribution in [0, 0.1) is 12.8 Å². The third-order valence-electron chi connectivity index (χ3n) is 3.43. The molecule has 1 aliphatic rings. The first-order chi connectivity index (χ1) is 7.78. The molecule has 0 spiro atoms. The fourth-order valence-corrected chi connectivity index (χ4v) is 2.43. The van der Waals surface area contributed by atoms with Crippen LogP contribution in [0.5, 0.6) is 0 Å². The summed E-state index contributed by atoms with van der Waals surface area (Å²) in [6, 6.07) is 8.79. The lowest BCUT2D eigenvalue weighted by Gasteiger charge is -2.15. The highest BCUT2D eigenvalue weighted by atomic mass is 16.3. The van der Waals surface area contributed by atoms with Crippen LogP contribution in [-0.2, 0) is 6.54 Å². The van der Waals surface area contributed by atoms with E-state index in [9.17, 15) is 0 Å². The minimum atomic E-state index is 0.336. The first-order valence-corrected chi connectivity index (χ1v) is 6.16. The van der Waals surface area contributed by atoms with Crippen molar-refractivity contribution in [1.29, 1.82) is 0 Å². The Hall–Kier alpha value is -0.860. The Morgan fingerprint density at radius 2 is 2.06 bits per heavy atom. The Balaban J connectivity index is 1.84. The highest BCUT2D eigenvalue weighted by molar-refractivity contribution is 5.21. The van der Waals surface area contributed by atoms with E-state index < -0.39 is 0 Å². The summed E-state index contributed by atoms with van der Waals surface area (Å²) >= 11 is 0. The molecule has 1 atom stereocenters. The van der Waals surface area contributed by atoms with E-state index >= 15 is 0 Å². The van der Waals surface area contributed by atoms with Gasteiger partial charge in [0.15, 0.2) is 0 Å². The molecule has 1 aliphatic heterocycles. The lowest BCUT2D eigenvalue weighted by atomic mass is 10.1. The molecule has 2 heteroatoms. The summed E-state index contributed by atoms with van der Waals surface area (Å²) in [6.45, 7) is 5.84. The van der Waals surface area contributed by atoms with Gasteiger partial charge in [0.1, 0.15) is 0 Å².